The van der Waals surface area contributed by atoms with Crippen molar-refractivity contribution in [2.24, 2.45) is 0 Å². The van der Waals surface area contributed by atoms with Crippen molar-refractivity contribution < 1.29 is 4.79 Å². The summed E-state index contributed by atoms with van der Waals surface area (Å²) in [6.07, 6.45) is 8.51. The number of hydrogen-bond acceptors (Lipinski definition) is 4. The third kappa shape index (κ3) is 3.96. The molecule has 4 rings (SSSR count). The first kappa shape index (κ1) is 17.6. The van der Waals surface area contributed by atoms with Gasteiger partial charge in [-0.1, -0.05) is 24.3 Å². The van der Waals surface area contributed by atoms with Gasteiger partial charge in [-0.05, 0) is 42.0 Å². The van der Waals surface area contributed by atoms with Crippen molar-refractivity contribution in [2.45, 2.75) is 13.1 Å². The maximum Gasteiger partial charge on any atom is 0.254 e. The van der Waals surface area contributed by atoms with E-state index in [4.69, 9.17) is 0 Å². The molecular formula is C22H19N5O. The van der Waals surface area contributed by atoms with E-state index in [1.807, 2.05) is 53.2 Å². The van der Waals surface area contributed by atoms with E-state index < -0.39 is 0 Å². The molecule has 28 heavy (non-hydrogen) atoms. The molecule has 0 atom stereocenters. The van der Waals surface area contributed by atoms with Crippen LogP contribution in [0.4, 0.5) is 0 Å². The summed E-state index contributed by atoms with van der Waals surface area (Å²) in [5.74, 6) is -0.0629. The lowest BCUT2D eigenvalue weighted by Crippen LogP contribution is -2.31. The molecule has 0 N–H and O–H groups in total. The molecule has 3 heterocycles. The molecule has 0 radical (unpaired) electrons. The molecule has 0 spiro atoms. The fraction of sp³-hybridized carbons (Fsp3) is 0.0909. The Kier molecular flexibility index (Phi) is 5.20. The largest absolute Gasteiger partial charge is 0.328 e. The molecule has 6 heteroatoms. The number of benzene rings is 1. The number of pyridine rings is 2. The predicted octanol–water partition coefficient (Wildman–Crippen LogP) is 3.50. The van der Waals surface area contributed by atoms with Crippen LogP contribution < -0.4 is 0 Å². The van der Waals surface area contributed by atoms with Gasteiger partial charge >= 0.3 is 0 Å². The quantitative estimate of drug-likeness (QED) is 0.522. The van der Waals surface area contributed by atoms with E-state index in [2.05, 4.69) is 15.1 Å². The third-order valence-corrected chi connectivity index (χ3v) is 4.39. The van der Waals surface area contributed by atoms with Crippen molar-refractivity contribution in [3.63, 3.8) is 0 Å². The minimum Gasteiger partial charge on any atom is -0.328 e. The number of carbonyl (C=O) groups excluding carboxylic acids is 1. The minimum absolute atomic E-state index is 0.0629. The second-order valence-corrected chi connectivity index (χ2v) is 6.33. The van der Waals surface area contributed by atoms with E-state index >= 15 is 0 Å². The number of aromatic nitrogens is 4. The molecule has 1 aromatic carbocycles. The SMILES string of the molecule is O=C(c1ccncc1)N(Cc1cccnc1)Cc1ccnn1-c1ccccc1. The summed E-state index contributed by atoms with van der Waals surface area (Å²) in [5, 5.41) is 4.43. The summed E-state index contributed by atoms with van der Waals surface area (Å²) in [7, 11) is 0. The van der Waals surface area contributed by atoms with Crippen molar-refractivity contribution in [1.82, 2.24) is 24.6 Å². The first-order valence-electron chi connectivity index (χ1n) is 8.98. The molecular weight excluding hydrogens is 350 g/mol. The Morgan fingerprint density at radius 1 is 0.821 bits per heavy atom. The van der Waals surface area contributed by atoms with Crippen molar-refractivity contribution in [1.29, 1.82) is 0 Å². The zero-order valence-electron chi connectivity index (χ0n) is 15.2. The molecule has 6 nitrogen and oxygen atoms in total. The van der Waals surface area contributed by atoms with E-state index in [1.54, 1.807) is 48.0 Å². The lowest BCUT2D eigenvalue weighted by Gasteiger charge is -2.23. The second kappa shape index (κ2) is 8.26. The summed E-state index contributed by atoms with van der Waals surface area (Å²) in [6.45, 7) is 0.875. The fourth-order valence-electron chi connectivity index (χ4n) is 3.04. The maximum atomic E-state index is 13.2. The van der Waals surface area contributed by atoms with E-state index in [0.717, 1.165) is 16.9 Å². The molecule has 0 saturated carbocycles. The Labute approximate surface area is 163 Å². The molecule has 0 unspecified atom stereocenters. The molecule has 0 aliphatic rings. The molecule has 4 aromatic rings. The monoisotopic (exact) mass is 369 g/mol. The van der Waals surface area contributed by atoms with Gasteiger partial charge in [0.05, 0.1) is 17.9 Å². The second-order valence-electron chi connectivity index (χ2n) is 6.33. The van der Waals surface area contributed by atoms with Crippen LogP contribution in [-0.4, -0.2) is 30.6 Å². The molecule has 1 amide bonds. The fourth-order valence-corrected chi connectivity index (χ4v) is 3.04. The topological polar surface area (TPSA) is 63.9 Å². The summed E-state index contributed by atoms with van der Waals surface area (Å²) in [6, 6.07) is 19.1. The summed E-state index contributed by atoms with van der Waals surface area (Å²) in [5.41, 5.74) is 3.46. The van der Waals surface area contributed by atoms with Crippen LogP contribution >= 0.6 is 0 Å². The number of carbonyl (C=O) groups is 1. The Bertz CT molecular complexity index is 1030. The van der Waals surface area contributed by atoms with E-state index in [9.17, 15) is 4.79 Å². The van der Waals surface area contributed by atoms with Gasteiger partial charge in [-0.15, -0.1) is 0 Å². The van der Waals surface area contributed by atoms with Gasteiger partial charge in [0.2, 0.25) is 0 Å². The van der Waals surface area contributed by atoms with Crippen molar-refractivity contribution >= 4 is 5.91 Å². The standard InChI is InChI=1S/C22H19N5O/c28-22(19-8-12-23-13-9-19)26(16-18-5-4-11-24-15-18)17-21-10-14-25-27(21)20-6-2-1-3-7-20/h1-15H,16-17H2. The van der Waals surface area contributed by atoms with Crippen LogP contribution in [0.5, 0.6) is 0 Å². The van der Waals surface area contributed by atoms with Gasteiger partial charge in [0.15, 0.2) is 0 Å². The Hall–Kier alpha value is -3.80. The number of amides is 1. The van der Waals surface area contributed by atoms with Gasteiger partial charge in [-0.3, -0.25) is 14.8 Å². The third-order valence-electron chi connectivity index (χ3n) is 4.39. The van der Waals surface area contributed by atoms with Crippen LogP contribution in [0.2, 0.25) is 0 Å². The van der Waals surface area contributed by atoms with Crippen LogP contribution in [0.15, 0.2) is 91.6 Å². The van der Waals surface area contributed by atoms with Crippen LogP contribution in [0, 0.1) is 0 Å². The molecule has 0 fully saturated rings. The lowest BCUT2D eigenvalue weighted by atomic mass is 10.2. The normalized spacial score (nSPS) is 10.6. The average Bonchev–Trinajstić information content (AvgIpc) is 3.23. The van der Waals surface area contributed by atoms with Crippen molar-refractivity contribution in [3.8, 4) is 5.69 Å². The highest BCUT2D eigenvalue weighted by Crippen LogP contribution is 2.16. The molecule has 0 bridgehead atoms. The number of rotatable bonds is 6. The minimum atomic E-state index is -0.0629. The number of hydrogen-bond donors (Lipinski definition) is 0. The molecule has 0 aliphatic carbocycles. The molecule has 0 aliphatic heterocycles. The first-order chi connectivity index (χ1) is 13.8. The van der Waals surface area contributed by atoms with Gasteiger partial charge in [-0.2, -0.15) is 5.10 Å². The highest BCUT2D eigenvalue weighted by molar-refractivity contribution is 5.94. The van der Waals surface area contributed by atoms with Crippen molar-refractivity contribution in [2.75, 3.05) is 0 Å². The molecule has 138 valence electrons. The maximum absolute atomic E-state index is 13.2. The first-order valence-corrected chi connectivity index (χ1v) is 8.98. The highest BCUT2D eigenvalue weighted by Gasteiger charge is 2.19. The summed E-state index contributed by atoms with van der Waals surface area (Å²) in [4.78, 5) is 23.1. The highest BCUT2D eigenvalue weighted by atomic mass is 16.2. The lowest BCUT2D eigenvalue weighted by molar-refractivity contribution is 0.0726. The zero-order chi connectivity index (χ0) is 19.2. The summed E-state index contributed by atoms with van der Waals surface area (Å²) >= 11 is 0. The van der Waals surface area contributed by atoms with Crippen LogP contribution in [0.25, 0.3) is 5.69 Å². The van der Waals surface area contributed by atoms with Gasteiger partial charge in [0.25, 0.3) is 5.91 Å². The Balaban J connectivity index is 1.65. The smallest absolute Gasteiger partial charge is 0.254 e. The van der Waals surface area contributed by atoms with E-state index in [0.29, 0.717) is 18.7 Å². The molecule has 0 saturated heterocycles. The van der Waals surface area contributed by atoms with Crippen LogP contribution in [0.1, 0.15) is 21.6 Å². The van der Waals surface area contributed by atoms with Gasteiger partial charge in [0, 0.05) is 43.1 Å². The predicted molar refractivity (Wildman–Crippen MR) is 106 cm³/mol. The average molecular weight is 369 g/mol. The molecule has 3 aromatic heterocycles. The van der Waals surface area contributed by atoms with E-state index in [1.165, 1.54) is 0 Å². The Morgan fingerprint density at radius 3 is 2.39 bits per heavy atom. The number of nitrogens with zero attached hydrogens (tertiary/aromatic N) is 5. The van der Waals surface area contributed by atoms with E-state index in [-0.39, 0.29) is 5.91 Å². The van der Waals surface area contributed by atoms with Gasteiger partial charge < -0.3 is 4.90 Å². The van der Waals surface area contributed by atoms with Crippen LogP contribution in [-0.2, 0) is 13.1 Å². The van der Waals surface area contributed by atoms with Crippen molar-refractivity contribution in [3.05, 3.63) is 108 Å². The van der Waals surface area contributed by atoms with Gasteiger partial charge in [-0.25, -0.2) is 4.68 Å². The number of para-hydroxylation sites is 1. The van der Waals surface area contributed by atoms with Crippen LogP contribution in [0.3, 0.4) is 0 Å². The zero-order valence-corrected chi connectivity index (χ0v) is 15.2. The summed E-state index contributed by atoms with van der Waals surface area (Å²) < 4.78 is 1.86. The van der Waals surface area contributed by atoms with Gasteiger partial charge in [0.1, 0.15) is 0 Å². The Morgan fingerprint density at radius 2 is 1.64 bits per heavy atom.